The highest BCUT2D eigenvalue weighted by Gasteiger charge is 2.25. The molecule has 3 nitrogen and oxygen atoms in total. The van der Waals surface area contributed by atoms with E-state index in [0.717, 1.165) is 31.6 Å². The molecule has 0 atom stereocenters. The quantitative estimate of drug-likeness (QED) is 0.737. The summed E-state index contributed by atoms with van der Waals surface area (Å²) in [6.07, 6.45) is 8.11. The molecule has 0 unspecified atom stereocenters. The first-order valence-corrected chi connectivity index (χ1v) is 8.69. The molecule has 0 bridgehead atoms. The van der Waals surface area contributed by atoms with Crippen LogP contribution in [0.3, 0.4) is 0 Å². The average molecular weight is 260 g/mol. The van der Waals surface area contributed by atoms with E-state index < -0.39 is 9.84 Å². The molecule has 0 aromatic rings. The van der Waals surface area contributed by atoms with Crippen LogP contribution in [-0.4, -0.2) is 26.2 Å². The smallest absolute Gasteiger partial charge is 0.147 e. The molecule has 0 aromatic heterocycles. The van der Waals surface area contributed by atoms with Gasteiger partial charge in [-0.3, -0.25) is 4.79 Å². The lowest BCUT2D eigenvalue weighted by Crippen LogP contribution is -2.23. The second-order valence-corrected chi connectivity index (χ2v) is 7.61. The number of ketones is 1. The second kappa shape index (κ2) is 6.53. The Morgan fingerprint density at radius 2 is 1.76 bits per heavy atom. The molecule has 1 saturated carbocycles. The van der Waals surface area contributed by atoms with Crippen LogP contribution in [0.5, 0.6) is 0 Å². The van der Waals surface area contributed by atoms with Gasteiger partial charge in [-0.05, 0) is 31.6 Å². The number of rotatable bonds is 6. The fourth-order valence-electron chi connectivity index (χ4n) is 2.67. The predicted octanol–water partition coefficient (Wildman–Crippen LogP) is 2.60. The van der Waals surface area contributed by atoms with E-state index in [4.69, 9.17) is 0 Å². The number of hydrogen-bond donors (Lipinski definition) is 0. The van der Waals surface area contributed by atoms with E-state index in [1.807, 2.05) is 0 Å². The molecule has 17 heavy (non-hydrogen) atoms. The zero-order valence-electron chi connectivity index (χ0n) is 10.9. The maximum Gasteiger partial charge on any atom is 0.147 e. The summed E-state index contributed by atoms with van der Waals surface area (Å²) in [5.74, 6) is 1.09. The summed E-state index contributed by atoms with van der Waals surface area (Å²) in [5, 5.41) is 0. The zero-order valence-corrected chi connectivity index (χ0v) is 11.8. The third-order valence-electron chi connectivity index (χ3n) is 3.72. The fourth-order valence-corrected chi connectivity index (χ4v) is 3.24. The molecule has 0 heterocycles. The van der Waals surface area contributed by atoms with Crippen LogP contribution in [0.4, 0.5) is 0 Å². The minimum atomic E-state index is -3.00. The van der Waals surface area contributed by atoms with Crippen molar-refractivity contribution in [2.75, 3.05) is 12.0 Å². The summed E-state index contributed by atoms with van der Waals surface area (Å²) >= 11 is 0. The molecule has 4 heteroatoms. The first kappa shape index (κ1) is 14.7. The summed E-state index contributed by atoms with van der Waals surface area (Å²) in [6.45, 7) is 2.20. The van der Waals surface area contributed by atoms with E-state index in [1.165, 1.54) is 19.1 Å². The van der Waals surface area contributed by atoms with E-state index in [-0.39, 0.29) is 23.9 Å². The molecule has 0 aromatic carbocycles. The number of hydrogen-bond acceptors (Lipinski definition) is 3. The van der Waals surface area contributed by atoms with E-state index in [2.05, 4.69) is 6.92 Å². The van der Waals surface area contributed by atoms with Crippen LogP contribution in [0.1, 0.15) is 51.9 Å². The highest BCUT2D eigenvalue weighted by Crippen LogP contribution is 2.32. The van der Waals surface area contributed by atoms with Gasteiger partial charge < -0.3 is 0 Å². The molecular formula is C13H24O3S. The Morgan fingerprint density at radius 3 is 2.24 bits per heavy atom. The molecule has 0 spiro atoms. The standard InChI is InChI=1S/C13H24O3S/c1-3-4-11-5-7-12(8-6-11)13(14)9-10-17(2,15)16/h11-12H,3-10H2,1-2H3. The molecule has 100 valence electrons. The molecule has 0 radical (unpaired) electrons. The summed E-state index contributed by atoms with van der Waals surface area (Å²) in [5.41, 5.74) is 0. The van der Waals surface area contributed by atoms with Gasteiger partial charge in [0.15, 0.2) is 0 Å². The predicted molar refractivity (Wildman–Crippen MR) is 69.7 cm³/mol. The van der Waals surface area contributed by atoms with Gasteiger partial charge in [0.2, 0.25) is 0 Å². The third-order valence-corrected chi connectivity index (χ3v) is 4.66. The molecule has 1 rings (SSSR count). The van der Waals surface area contributed by atoms with Crippen LogP contribution in [0, 0.1) is 11.8 Å². The lowest BCUT2D eigenvalue weighted by molar-refractivity contribution is -0.123. The normalized spacial score (nSPS) is 25.8. The molecule has 0 aliphatic heterocycles. The lowest BCUT2D eigenvalue weighted by Gasteiger charge is -2.27. The summed E-state index contributed by atoms with van der Waals surface area (Å²) in [4.78, 5) is 11.8. The Morgan fingerprint density at radius 1 is 1.18 bits per heavy atom. The maximum atomic E-state index is 11.8. The van der Waals surface area contributed by atoms with Gasteiger partial charge in [0, 0.05) is 18.6 Å². The van der Waals surface area contributed by atoms with Crippen molar-refractivity contribution in [3.63, 3.8) is 0 Å². The second-order valence-electron chi connectivity index (χ2n) is 5.35. The minimum Gasteiger partial charge on any atom is -0.299 e. The van der Waals surface area contributed by atoms with E-state index in [1.54, 1.807) is 0 Å². The van der Waals surface area contributed by atoms with Crippen LogP contribution >= 0.6 is 0 Å². The van der Waals surface area contributed by atoms with E-state index in [9.17, 15) is 13.2 Å². The number of carbonyl (C=O) groups is 1. The molecule has 1 aliphatic carbocycles. The first-order valence-electron chi connectivity index (χ1n) is 6.62. The summed E-state index contributed by atoms with van der Waals surface area (Å²) < 4.78 is 22.0. The van der Waals surface area contributed by atoms with Gasteiger partial charge in [-0.25, -0.2) is 8.42 Å². The van der Waals surface area contributed by atoms with Gasteiger partial charge in [0.1, 0.15) is 15.6 Å². The lowest BCUT2D eigenvalue weighted by atomic mass is 9.78. The van der Waals surface area contributed by atoms with Crippen molar-refractivity contribution < 1.29 is 13.2 Å². The number of Topliss-reactive ketones (excluding diaryl/α,β-unsaturated/α-hetero) is 1. The third kappa shape index (κ3) is 5.66. The number of carbonyl (C=O) groups excluding carboxylic acids is 1. The Hall–Kier alpha value is -0.380. The maximum absolute atomic E-state index is 11.8. The zero-order chi connectivity index (χ0) is 12.9. The van der Waals surface area contributed by atoms with Gasteiger partial charge >= 0.3 is 0 Å². The van der Waals surface area contributed by atoms with Crippen molar-refractivity contribution in [2.24, 2.45) is 11.8 Å². The molecule has 1 aliphatic rings. The molecular weight excluding hydrogens is 236 g/mol. The Labute approximate surface area is 105 Å². The van der Waals surface area contributed by atoms with Crippen LogP contribution < -0.4 is 0 Å². The van der Waals surface area contributed by atoms with Gasteiger partial charge in [-0.2, -0.15) is 0 Å². The topological polar surface area (TPSA) is 51.2 Å². The van der Waals surface area contributed by atoms with Crippen molar-refractivity contribution in [3.05, 3.63) is 0 Å². The Balaban J connectivity index is 2.31. The SMILES string of the molecule is CCCC1CCC(C(=O)CCS(C)(=O)=O)CC1. The van der Waals surface area contributed by atoms with Crippen LogP contribution in [-0.2, 0) is 14.6 Å². The van der Waals surface area contributed by atoms with E-state index >= 15 is 0 Å². The molecule has 0 N–H and O–H groups in total. The average Bonchev–Trinajstić information content (AvgIpc) is 2.26. The van der Waals surface area contributed by atoms with Crippen molar-refractivity contribution in [2.45, 2.75) is 51.9 Å². The highest BCUT2D eigenvalue weighted by atomic mass is 32.2. The number of sulfone groups is 1. The van der Waals surface area contributed by atoms with Crippen molar-refractivity contribution in [1.29, 1.82) is 0 Å². The van der Waals surface area contributed by atoms with Gasteiger partial charge in [-0.1, -0.05) is 19.8 Å². The highest BCUT2D eigenvalue weighted by molar-refractivity contribution is 7.90. The molecule has 1 fully saturated rings. The molecule has 0 amide bonds. The van der Waals surface area contributed by atoms with E-state index in [0.29, 0.717) is 0 Å². The molecule has 0 saturated heterocycles. The minimum absolute atomic E-state index is 0.0146. The fraction of sp³-hybridized carbons (Fsp3) is 0.923. The van der Waals surface area contributed by atoms with Crippen LogP contribution in [0.25, 0.3) is 0 Å². The largest absolute Gasteiger partial charge is 0.299 e. The monoisotopic (exact) mass is 260 g/mol. The summed E-state index contributed by atoms with van der Waals surface area (Å²) in [6, 6.07) is 0. The van der Waals surface area contributed by atoms with Crippen LogP contribution in [0.15, 0.2) is 0 Å². The Kier molecular flexibility index (Phi) is 5.63. The first-order chi connectivity index (χ1) is 7.92. The van der Waals surface area contributed by atoms with Gasteiger partial charge in [0.05, 0.1) is 5.75 Å². The van der Waals surface area contributed by atoms with Crippen molar-refractivity contribution in [1.82, 2.24) is 0 Å². The van der Waals surface area contributed by atoms with Crippen molar-refractivity contribution in [3.8, 4) is 0 Å². The van der Waals surface area contributed by atoms with Crippen molar-refractivity contribution >= 4 is 15.6 Å². The Bertz CT molecular complexity index is 338. The summed E-state index contributed by atoms with van der Waals surface area (Å²) in [7, 11) is -3.00. The van der Waals surface area contributed by atoms with Crippen LogP contribution in [0.2, 0.25) is 0 Å². The van der Waals surface area contributed by atoms with Gasteiger partial charge in [-0.15, -0.1) is 0 Å². The van der Waals surface area contributed by atoms with Gasteiger partial charge in [0.25, 0.3) is 0 Å².